The Hall–Kier alpha value is -0.650. The van der Waals surface area contributed by atoms with Gasteiger partial charge >= 0.3 is 0 Å². The Labute approximate surface area is 124 Å². The fourth-order valence-corrected chi connectivity index (χ4v) is 4.69. The molecule has 0 bridgehead atoms. The van der Waals surface area contributed by atoms with Crippen molar-refractivity contribution >= 4 is 21.6 Å². The molecule has 6 heteroatoms. The summed E-state index contributed by atoms with van der Waals surface area (Å²) in [6.07, 6.45) is 3.78. The largest absolute Gasteiger partial charge is 0.246 e. The Bertz CT molecular complexity index is 571. The molecule has 112 valence electrons. The van der Waals surface area contributed by atoms with Crippen LogP contribution in [0.25, 0.3) is 0 Å². The molecular weight excluding hydrogens is 301 g/mol. The van der Waals surface area contributed by atoms with Gasteiger partial charge in [0.15, 0.2) is 0 Å². The first-order chi connectivity index (χ1) is 9.50. The summed E-state index contributed by atoms with van der Waals surface area (Å²) in [5.74, 6) is -0.559. The van der Waals surface area contributed by atoms with Gasteiger partial charge in [-0.1, -0.05) is 25.8 Å². The average molecular weight is 320 g/mol. The minimum absolute atomic E-state index is 0.00268. The molecular formula is C14H19ClFNO2S. The van der Waals surface area contributed by atoms with Crippen LogP contribution in [0.5, 0.6) is 0 Å². The molecule has 1 aromatic rings. The van der Waals surface area contributed by atoms with Gasteiger partial charge in [0.1, 0.15) is 10.7 Å². The number of halogens is 2. The summed E-state index contributed by atoms with van der Waals surface area (Å²) in [6, 6.07) is 4.07. The fourth-order valence-electron chi connectivity index (χ4n) is 2.78. The van der Waals surface area contributed by atoms with Gasteiger partial charge in [0.25, 0.3) is 0 Å². The molecule has 0 spiro atoms. The number of hydrogen-bond acceptors (Lipinski definition) is 2. The lowest BCUT2D eigenvalue weighted by molar-refractivity contribution is 0.334. The highest BCUT2D eigenvalue weighted by Crippen LogP contribution is 2.29. The number of sulfonamides is 1. The van der Waals surface area contributed by atoms with Crippen molar-refractivity contribution in [1.82, 2.24) is 4.31 Å². The zero-order chi connectivity index (χ0) is 14.8. The predicted molar refractivity (Wildman–Crippen MR) is 77.8 cm³/mol. The van der Waals surface area contributed by atoms with Gasteiger partial charge in [0, 0.05) is 18.5 Å². The Kier molecular flexibility index (Phi) is 5.04. The van der Waals surface area contributed by atoms with E-state index in [1.54, 1.807) is 13.0 Å². The molecule has 0 atom stereocenters. The number of hydrogen-bond donors (Lipinski definition) is 0. The van der Waals surface area contributed by atoms with Gasteiger partial charge < -0.3 is 0 Å². The molecule has 2 rings (SSSR count). The van der Waals surface area contributed by atoms with Crippen molar-refractivity contribution in [3.8, 4) is 0 Å². The van der Waals surface area contributed by atoms with E-state index >= 15 is 0 Å². The smallest absolute Gasteiger partial charge is 0.207 e. The molecule has 1 aromatic carbocycles. The molecule has 0 saturated heterocycles. The molecule has 1 aliphatic rings. The first-order valence-corrected chi connectivity index (χ1v) is 8.84. The van der Waals surface area contributed by atoms with Gasteiger partial charge in [-0.25, -0.2) is 12.8 Å². The minimum atomic E-state index is -3.77. The van der Waals surface area contributed by atoms with Crippen LogP contribution in [-0.4, -0.2) is 25.3 Å². The van der Waals surface area contributed by atoms with Crippen LogP contribution in [0.15, 0.2) is 23.1 Å². The highest BCUT2D eigenvalue weighted by molar-refractivity contribution is 7.89. The molecule has 0 N–H and O–H groups in total. The second-order valence-electron chi connectivity index (χ2n) is 5.05. The van der Waals surface area contributed by atoms with E-state index in [9.17, 15) is 12.8 Å². The first-order valence-electron chi connectivity index (χ1n) is 6.87. The third-order valence-electron chi connectivity index (χ3n) is 3.78. The number of nitrogens with zero attached hydrogens (tertiary/aromatic N) is 1. The summed E-state index contributed by atoms with van der Waals surface area (Å²) in [6.45, 7) is 2.16. The summed E-state index contributed by atoms with van der Waals surface area (Å²) < 4.78 is 40.7. The second-order valence-corrected chi connectivity index (χ2v) is 7.17. The SMILES string of the molecule is CCN(C1CCCC1)S(=O)(=O)c1ccc(CCl)cc1F. The Balaban J connectivity index is 2.37. The number of alkyl halides is 1. The first kappa shape index (κ1) is 15.7. The zero-order valence-electron chi connectivity index (χ0n) is 11.5. The van der Waals surface area contributed by atoms with E-state index in [0.717, 1.165) is 25.7 Å². The van der Waals surface area contributed by atoms with Crippen molar-refractivity contribution in [2.24, 2.45) is 0 Å². The van der Waals surface area contributed by atoms with Gasteiger partial charge in [0.2, 0.25) is 10.0 Å². The van der Waals surface area contributed by atoms with E-state index in [1.807, 2.05) is 0 Å². The van der Waals surface area contributed by atoms with Gasteiger partial charge in [-0.3, -0.25) is 0 Å². The van der Waals surface area contributed by atoms with Gasteiger partial charge in [0.05, 0.1) is 0 Å². The molecule has 1 saturated carbocycles. The van der Waals surface area contributed by atoms with E-state index < -0.39 is 15.8 Å². The van der Waals surface area contributed by atoms with E-state index in [0.29, 0.717) is 12.1 Å². The average Bonchev–Trinajstić information content (AvgIpc) is 2.92. The van der Waals surface area contributed by atoms with E-state index in [-0.39, 0.29) is 16.8 Å². The maximum Gasteiger partial charge on any atom is 0.246 e. The molecule has 0 radical (unpaired) electrons. The monoisotopic (exact) mass is 319 g/mol. The third kappa shape index (κ3) is 3.00. The minimum Gasteiger partial charge on any atom is -0.207 e. The van der Waals surface area contributed by atoms with Crippen molar-refractivity contribution in [3.05, 3.63) is 29.6 Å². The molecule has 0 aliphatic heterocycles. The third-order valence-corrected chi connectivity index (χ3v) is 6.15. The summed E-state index contributed by atoms with van der Waals surface area (Å²) in [4.78, 5) is -0.250. The van der Waals surface area contributed by atoms with E-state index in [2.05, 4.69) is 0 Å². The highest BCUT2D eigenvalue weighted by atomic mass is 35.5. The summed E-state index contributed by atoms with van der Waals surface area (Å²) in [5.41, 5.74) is 0.576. The summed E-state index contributed by atoms with van der Waals surface area (Å²) in [5, 5.41) is 0. The van der Waals surface area contributed by atoms with E-state index in [1.165, 1.54) is 16.4 Å². The maximum absolute atomic E-state index is 14.1. The topological polar surface area (TPSA) is 37.4 Å². The Morgan fingerprint density at radius 3 is 2.50 bits per heavy atom. The number of rotatable bonds is 5. The standard InChI is InChI=1S/C14H19ClFNO2S/c1-2-17(12-5-3-4-6-12)20(18,19)14-8-7-11(10-15)9-13(14)16/h7-9,12H,2-6,10H2,1H3. The summed E-state index contributed by atoms with van der Waals surface area (Å²) >= 11 is 5.63. The predicted octanol–water partition coefficient (Wildman–Crippen LogP) is 3.52. The lowest BCUT2D eigenvalue weighted by Crippen LogP contribution is -2.38. The van der Waals surface area contributed by atoms with Crippen molar-refractivity contribution in [2.45, 2.75) is 49.4 Å². The van der Waals surface area contributed by atoms with Crippen molar-refractivity contribution in [3.63, 3.8) is 0 Å². The van der Waals surface area contributed by atoms with Crippen LogP contribution in [0.3, 0.4) is 0 Å². The molecule has 1 aliphatic carbocycles. The van der Waals surface area contributed by atoms with Crippen LogP contribution >= 0.6 is 11.6 Å². The van der Waals surface area contributed by atoms with Crippen molar-refractivity contribution < 1.29 is 12.8 Å². The lowest BCUT2D eigenvalue weighted by atomic mass is 10.2. The normalized spacial score (nSPS) is 17.0. The Morgan fingerprint density at radius 2 is 2.00 bits per heavy atom. The van der Waals surface area contributed by atoms with Crippen LogP contribution in [0.4, 0.5) is 4.39 Å². The summed E-state index contributed by atoms with van der Waals surface area (Å²) in [7, 11) is -3.77. The van der Waals surface area contributed by atoms with Gasteiger partial charge in [-0.05, 0) is 30.5 Å². The quantitative estimate of drug-likeness (QED) is 0.779. The van der Waals surface area contributed by atoms with E-state index in [4.69, 9.17) is 11.6 Å². The molecule has 0 amide bonds. The van der Waals surface area contributed by atoms with Crippen LogP contribution in [0.2, 0.25) is 0 Å². The van der Waals surface area contributed by atoms with Crippen LogP contribution < -0.4 is 0 Å². The van der Waals surface area contributed by atoms with Crippen molar-refractivity contribution in [1.29, 1.82) is 0 Å². The van der Waals surface area contributed by atoms with Gasteiger partial charge in [-0.15, -0.1) is 11.6 Å². The lowest BCUT2D eigenvalue weighted by Gasteiger charge is -2.27. The zero-order valence-corrected chi connectivity index (χ0v) is 13.1. The molecule has 20 heavy (non-hydrogen) atoms. The highest BCUT2D eigenvalue weighted by Gasteiger charge is 2.33. The Morgan fingerprint density at radius 1 is 1.35 bits per heavy atom. The van der Waals surface area contributed by atoms with Gasteiger partial charge in [-0.2, -0.15) is 4.31 Å². The van der Waals surface area contributed by atoms with Crippen LogP contribution in [0, 0.1) is 5.82 Å². The number of benzene rings is 1. The molecule has 0 unspecified atom stereocenters. The fraction of sp³-hybridized carbons (Fsp3) is 0.571. The van der Waals surface area contributed by atoms with Crippen molar-refractivity contribution in [2.75, 3.05) is 6.54 Å². The molecule has 3 nitrogen and oxygen atoms in total. The molecule has 0 aromatic heterocycles. The molecule has 0 heterocycles. The maximum atomic E-state index is 14.1. The van der Waals surface area contributed by atoms with Crippen LogP contribution in [-0.2, 0) is 15.9 Å². The second kappa shape index (κ2) is 6.41. The molecule has 1 fully saturated rings. The van der Waals surface area contributed by atoms with Crippen LogP contribution in [0.1, 0.15) is 38.2 Å².